The summed E-state index contributed by atoms with van der Waals surface area (Å²) in [6.07, 6.45) is 7.93. The van der Waals surface area contributed by atoms with E-state index in [1.165, 1.54) is 12.8 Å². The van der Waals surface area contributed by atoms with Crippen molar-refractivity contribution >= 4 is 38.1 Å². The van der Waals surface area contributed by atoms with E-state index in [2.05, 4.69) is 34.4 Å². The van der Waals surface area contributed by atoms with Crippen molar-refractivity contribution in [1.29, 1.82) is 0 Å². The minimum Gasteiger partial charge on any atom is -0.322 e. The summed E-state index contributed by atoms with van der Waals surface area (Å²) in [5, 5.41) is 7.71. The van der Waals surface area contributed by atoms with Crippen LogP contribution < -0.4 is 10.6 Å². The molecule has 5 rings (SSSR count). The van der Waals surface area contributed by atoms with Gasteiger partial charge in [-0.05, 0) is 86.0 Å². The Bertz CT molecular complexity index is 1470. The number of nitrogens with zero attached hydrogens (tertiary/aromatic N) is 2. The maximum atomic E-state index is 12.9. The van der Waals surface area contributed by atoms with E-state index in [0.29, 0.717) is 17.5 Å². The molecule has 0 radical (unpaired) electrons. The second-order valence-electron chi connectivity index (χ2n) is 10.3. The summed E-state index contributed by atoms with van der Waals surface area (Å²) >= 11 is 0. The van der Waals surface area contributed by atoms with E-state index in [1.54, 1.807) is 6.26 Å². The highest BCUT2D eigenvalue weighted by molar-refractivity contribution is 7.97. The van der Waals surface area contributed by atoms with Crippen LogP contribution >= 0.6 is 0 Å². The van der Waals surface area contributed by atoms with Crippen molar-refractivity contribution in [2.24, 2.45) is 5.92 Å². The highest BCUT2D eigenvalue weighted by Crippen LogP contribution is 2.28. The minimum absolute atomic E-state index is 0.145. The van der Waals surface area contributed by atoms with E-state index in [4.69, 9.17) is 4.98 Å². The van der Waals surface area contributed by atoms with Crippen LogP contribution in [-0.4, -0.2) is 50.7 Å². The first-order chi connectivity index (χ1) is 17.8. The number of pyridine rings is 1. The zero-order chi connectivity index (χ0) is 26.0. The van der Waals surface area contributed by atoms with Gasteiger partial charge in [-0.25, -0.2) is 4.31 Å². The molecule has 1 aromatic heterocycles. The van der Waals surface area contributed by atoms with E-state index >= 15 is 0 Å². The quantitative estimate of drug-likeness (QED) is 0.378. The van der Waals surface area contributed by atoms with Crippen molar-refractivity contribution in [2.45, 2.75) is 45.2 Å². The molecule has 1 amide bonds. The first-order valence-corrected chi connectivity index (χ1v) is 15.0. The molecule has 6 nitrogen and oxygen atoms in total. The number of aromatic nitrogens is 1. The van der Waals surface area contributed by atoms with Gasteiger partial charge in [0, 0.05) is 76.0 Å². The molecule has 192 valence electrons. The summed E-state index contributed by atoms with van der Waals surface area (Å²) in [5.41, 5.74) is 5.25. The second kappa shape index (κ2) is 10.7. The number of hydrogen-bond acceptors (Lipinski definition) is 4. The fourth-order valence-electron chi connectivity index (χ4n) is 4.65. The summed E-state index contributed by atoms with van der Waals surface area (Å²) in [4.78, 5) is 17.6. The molecule has 0 bridgehead atoms. The van der Waals surface area contributed by atoms with Crippen LogP contribution in [-0.2, 0) is 16.3 Å². The molecule has 0 spiro atoms. The van der Waals surface area contributed by atoms with Gasteiger partial charge in [0.15, 0.2) is 0 Å². The van der Waals surface area contributed by atoms with Crippen LogP contribution in [0.1, 0.15) is 52.7 Å². The van der Waals surface area contributed by atoms with Crippen molar-refractivity contribution in [3.8, 4) is 11.8 Å². The van der Waals surface area contributed by atoms with Crippen LogP contribution in [0.2, 0.25) is 0 Å². The fraction of sp³-hybridized carbons (Fsp3) is 0.367. The Balaban J connectivity index is 1.20. The molecule has 7 heteroatoms. The molecule has 3 aromatic rings. The molecule has 1 atom stereocenters. The minimum atomic E-state index is -2.11. The average molecular weight is 515 g/mol. The number of rotatable bonds is 6. The number of piperidine rings is 1. The smallest absolute Gasteiger partial charge is 0.255 e. The van der Waals surface area contributed by atoms with E-state index in [1.807, 2.05) is 53.8 Å². The van der Waals surface area contributed by atoms with Gasteiger partial charge in [0.1, 0.15) is 0 Å². The van der Waals surface area contributed by atoms with Gasteiger partial charge in [0.25, 0.3) is 5.91 Å². The van der Waals surface area contributed by atoms with Crippen molar-refractivity contribution in [1.82, 2.24) is 14.6 Å². The number of carbonyl (C=O) groups excluding carboxylic acids is 1. The number of hydrogen-bond donors (Lipinski definition) is 2. The maximum absolute atomic E-state index is 12.9. The molecular formula is C30H34N4O2S. The van der Waals surface area contributed by atoms with E-state index in [9.17, 15) is 9.00 Å². The van der Waals surface area contributed by atoms with Gasteiger partial charge >= 0.3 is 0 Å². The number of anilines is 1. The van der Waals surface area contributed by atoms with Crippen LogP contribution in [0.5, 0.6) is 0 Å². The van der Waals surface area contributed by atoms with Crippen LogP contribution in [0.4, 0.5) is 5.69 Å². The van der Waals surface area contributed by atoms with Gasteiger partial charge in [-0.15, -0.1) is 0 Å². The predicted octanol–water partition coefficient (Wildman–Crippen LogP) is 4.37. The zero-order valence-corrected chi connectivity index (χ0v) is 22.4. The third kappa shape index (κ3) is 6.40. The Morgan fingerprint density at radius 2 is 1.86 bits per heavy atom. The summed E-state index contributed by atoms with van der Waals surface area (Å²) in [5.74, 6) is 10.6. The van der Waals surface area contributed by atoms with Crippen LogP contribution in [0.25, 0.3) is 10.9 Å². The molecule has 2 fully saturated rings. The standard InChI is InChI=1S/C30H34N4O2S/c1-21-28(33-30(35)25-10-8-23(9-11-25)7-6-22-4-5-22)13-12-26-18-24(20-32-29(21)26)19-31-27-14-16-34(17-15-27)37(2,3)36/h8-13,18,20,22,27,31H,2,4-5,14-17,19H2,1,3H3,(H,33,35). The molecule has 2 N–H and O–H groups in total. The number of fused-ring (bicyclic) bond motifs is 1. The predicted molar refractivity (Wildman–Crippen MR) is 153 cm³/mol. The number of nitrogens with one attached hydrogen (secondary N) is 2. The van der Waals surface area contributed by atoms with Gasteiger partial charge < -0.3 is 10.6 Å². The maximum Gasteiger partial charge on any atom is 0.255 e. The Kier molecular flexibility index (Phi) is 7.34. The average Bonchev–Trinajstić information content (AvgIpc) is 3.72. The molecule has 2 aromatic carbocycles. The lowest BCUT2D eigenvalue weighted by Crippen LogP contribution is -2.44. The highest BCUT2D eigenvalue weighted by Gasteiger charge is 2.22. The normalized spacial score (nSPS) is 18.1. The van der Waals surface area contributed by atoms with Crippen LogP contribution in [0.3, 0.4) is 0 Å². The molecule has 1 aliphatic heterocycles. The molecule has 2 heterocycles. The van der Waals surface area contributed by atoms with Crippen molar-refractivity contribution in [3.63, 3.8) is 0 Å². The molecular weight excluding hydrogens is 480 g/mol. The Morgan fingerprint density at radius 1 is 1.14 bits per heavy atom. The van der Waals surface area contributed by atoms with Gasteiger partial charge in [0.2, 0.25) is 0 Å². The van der Waals surface area contributed by atoms with Gasteiger partial charge in [-0.3, -0.25) is 14.0 Å². The first kappa shape index (κ1) is 25.5. The van der Waals surface area contributed by atoms with Gasteiger partial charge in [-0.2, -0.15) is 0 Å². The Morgan fingerprint density at radius 3 is 2.54 bits per heavy atom. The Hall–Kier alpha value is -3.18. The lowest BCUT2D eigenvalue weighted by Gasteiger charge is -2.33. The summed E-state index contributed by atoms with van der Waals surface area (Å²) in [6.45, 7) is 4.33. The lowest BCUT2D eigenvalue weighted by atomic mass is 10.0. The summed E-state index contributed by atoms with van der Waals surface area (Å²) in [7, 11) is -2.11. The third-order valence-electron chi connectivity index (χ3n) is 7.15. The summed E-state index contributed by atoms with van der Waals surface area (Å²) < 4.78 is 14.1. The van der Waals surface area contributed by atoms with E-state index in [0.717, 1.165) is 65.8 Å². The number of carbonyl (C=O) groups is 1. The molecule has 1 saturated carbocycles. The number of amides is 1. The van der Waals surface area contributed by atoms with Gasteiger partial charge in [-0.1, -0.05) is 17.9 Å². The molecule has 1 aliphatic carbocycles. The molecule has 1 saturated heterocycles. The van der Waals surface area contributed by atoms with Crippen molar-refractivity contribution in [2.75, 3.05) is 24.7 Å². The van der Waals surface area contributed by atoms with E-state index < -0.39 is 9.71 Å². The van der Waals surface area contributed by atoms with Crippen molar-refractivity contribution in [3.05, 3.63) is 70.9 Å². The van der Waals surface area contributed by atoms with Crippen LogP contribution in [0.15, 0.2) is 48.7 Å². The van der Waals surface area contributed by atoms with E-state index in [-0.39, 0.29) is 5.91 Å². The highest BCUT2D eigenvalue weighted by atomic mass is 32.2. The largest absolute Gasteiger partial charge is 0.322 e. The Labute approximate surface area is 220 Å². The number of benzene rings is 2. The lowest BCUT2D eigenvalue weighted by molar-refractivity contribution is 0.102. The van der Waals surface area contributed by atoms with Gasteiger partial charge in [0.05, 0.1) is 5.52 Å². The SMILES string of the molecule is C=S(C)(=O)N1CCC(NCc2cnc3c(C)c(NC(=O)c4ccc(C#CC5CC5)cc4)ccc3c2)CC1. The zero-order valence-electron chi connectivity index (χ0n) is 21.5. The second-order valence-corrected chi connectivity index (χ2v) is 12.7. The molecule has 37 heavy (non-hydrogen) atoms. The van der Waals surface area contributed by atoms with Crippen molar-refractivity contribution < 1.29 is 9.00 Å². The third-order valence-corrected chi connectivity index (χ3v) is 8.61. The topological polar surface area (TPSA) is 74.3 Å². The number of aryl methyl sites for hydroxylation is 1. The molecule has 1 unspecified atom stereocenters. The monoisotopic (exact) mass is 514 g/mol. The fourth-order valence-corrected chi connectivity index (χ4v) is 5.63. The first-order valence-electron chi connectivity index (χ1n) is 12.9. The van der Waals surface area contributed by atoms with Crippen LogP contribution in [0, 0.1) is 24.7 Å². The summed E-state index contributed by atoms with van der Waals surface area (Å²) in [6, 6.07) is 14.0. The molecule has 2 aliphatic rings.